The van der Waals surface area contributed by atoms with Crippen LogP contribution in [0.4, 0.5) is 4.79 Å². The van der Waals surface area contributed by atoms with Gasteiger partial charge in [0.15, 0.2) is 0 Å². The Bertz CT molecular complexity index is 191. The summed E-state index contributed by atoms with van der Waals surface area (Å²) >= 11 is 0. The molecular weight excluding hydrogens is 164 g/mol. The second kappa shape index (κ2) is 5.62. The third-order valence-corrected chi connectivity index (χ3v) is 2.24. The highest BCUT2D eigenvalue weighted by Gasteiger charge is 2.04. The lowest BCUT2D eigenvalue weighted by Crippen LogP contribution is -2.32. The molecule has 2 amide bonds. The van der Waals surface area contributed by atoms with E-state index in [9.17, 15) is 4.79 Å². The maximum absolute atomic E-state index is 11.0. The van der Waals surface area contributed by atoms with E-state index in [0.29, 0.717) is 6.54 Å². The van der Waals surface area contributed by atoms with Gasteiger partial charge in [0.05, 0.1) is 0 Å². The number of urea groups is 1. The van der Waals surface area contributed by atoms with Gasteiger partial charge < -0.3 is 10.6 Å². The van der Waals surface area contributed by atoms with Crippen molar-refractivity contribution in [1.29, 1.82) is 0 Å². The quantitative estimate of drug-likeness (QED) is 0.675. The number of carbonyl (C=O) groups excluding carboxylic acids is 1. The van der Waals surface area contributed by atoms with Gasteiger partial charge in [0.2, 0.25) is 0 Å². The van der Waals surface area contributed by atoms with Gasteiger partial charge >= 0.3 is 6.03 Å². The van der Waals surface area contributed by atoms with E-state index < -0.39 is 0 Å². The monoisotopic (exact) mass is 182 g/mol. The summed E-state index contributed by atoms with van der Waals surface area (Å²) in [6, 6.07) is -0.0967. The third kappa shape index (κ3) is 3.97. The first kappa shape index (κ1) is 10.1. The first-order valence-corrected chi connectivity index (χ1v) is 5.05. The fraction of sp³-hybridized carbons (Fsp3) is 0.700. The highest BCUT2D eigenvalue weighted by atomic mass is 16.2. The Morgan fingerprint density at radius 3 is 2.69 bits per heavy atom. The molecule has 0 aliphatic heterocycles. The van der Waals surface area contributed by atoms with Crippen LogP contribution in [0.1, 0.15) is 39.0 Å². The molecule has 0 radical (unpaired) electrons. The molecule has 13 heavy (non-hydrogen) atoms. The Morgan fingerprint density at radius 1 is 1.38 bits per heavy atom. The zero-order valence-corrected chi connectivity index (χ0v) is 8.23. The zero-order valence-electron chi connectivity index (χ0n) is 8.23. The van der Waals surface area contributed by atoms with E-state index in [0.717, 1.165) is 12.8 Å². The maximum atomic E-state index is 11.0. The summed E-state index contributed by atoms with van der Waals surface area (Å²) < 4.78 is 0. The van der Waals surface area contributed by atoms with E-state index in [-0.39, 0.29) is 6.03 Å². The normalized spacial score (nSPS) is 16.5. The third-order valence-electron chi connectivity index (χ3n) is 2.24. The van der Waals surface area contributed by atoms with Crippen LogP contribution < -0.4 is 10.6 Å². The standard InChI is InChI=1S/C10H18N2O/c1-2-11-10(13)12-8-9-6-4-3-5-7-9/h8H,2-7H2,1H3,(H2,11,12,13). The van der Waals surface area contributed by atoms with Gasteiger partial charge in [-0.15, -0.1) is 0 Å². The molecule has 1 aliphatic rings. The molecule has 0 aromatic carbocycles. The average Bonchev–Trinajstić information content (AvgIpc) is 2.17. The van der Waals surface area contributed by atoms with Crippen molar-refractivity contribution in [1.82, 2.24) is 10.6 Å². The molecule has 0 bridgehead atoms. The molecule has 3 nitrogen and oxygen atoms in total. The van der Waals surface area contributed by atoms with E-state index in [1.807, 2.05) is 13.1 Å². The summed E-state index contributed by atoms with van der Waals surface area (Å²) in [7, 11) is 0. The number of amides is 2. The van der Waals surface area contributed by atoms with Crippen LogP contribution in [0.15, 0.2) is 11.8 Å². The number of carbonyl (C=O) groups is 1. The molecule has 1 fully saturated rings. The van der Waals surface area contributed by atoms with Gasteiger partial charge in [-0.25, -0.2) is 4.79 Å². The van der Waals surface area contributed by atoms with E-state index in [1.54, 1.807) is 0 Å². The van der Waals surface area contributed by atoms with Crippen LogP contribution in [-0.4, -0.2) is 12.6 Å². The second-order valence-corrected chi connectivity index (χ2v) is 3.37. The van der Waals surface area contributed by atoms with Crippen LogP contribution in [0.5, 0.6) is 0 Å². The van der Waals surface area contributed by atoms with Crippen molar-refractivity contribution in [2.24, 2.45) is 0 Å². The molecule has 0 spiro atoms. The highest BCUT2D eigenvalue weighted by Crippen LogP contribution is 2.21. The van der Waals surface area contributed by atoms with Crippen molar-refractivity contribution < 1.29 is 4.79 Å². The first-order chi connectivity index (χ1) is 6.33. The summed E-state index contributed by atoms with van der Waals surface area (Å²) in [5, 5.41) is 5.43. The zero-order chi connectivity index (χ0) is 9.52. The Hall–Kier alpha value is -0.990. The lowest BCUT2D eigenvalue weighted by Gasteiger charge is -2.13. The van der Waals surface area contributed by atoms with Gasteiger partial charge in [-0.2, -0.15) is 0 Å². The molecule has 0 aromatic heterocycles. The number of hydrogen-bond donors (Lipinski definition) is 2. The lowest BCUT2D eigenvalue weighted by molar-refractivity contribution is 0.244. The first-order valence-electron chi connectivity index (χ1n) is 5.05. The summed E-state index contributed by atoms with van der Waals surface area (Å²) in [4.78, 5) is 11.0. The molecule has 74 valence electrons. The predicted molar refractivity (Wildman–Crippen MR) is 53.4 cm³/mol. The van der Waals surface area contributed by atoms with E-state index in [2.05, 4.69) is 10.6 Å². The van der Waals surface area contributed by atoms with Crippen molar-refractivity contribution in [2.45, 2.75) is 39.0 Å². The van der Waals surface area contributed by atoms with Crippen LogP contribution in [0.3, 0.4) is 0 Å². The molecule has 0 unspecified atom stereocenters. The topological polar surface area (TPSA) is 41.1 Å². The second-order valence-electron chi connectivity index (χ2n) is 3.37. The molecule has 0 atom stereocenters. The molecular formula is C10H18N2O. The van der Waals surface area contributed by atoms with Gasteiger partial charge in [-0.05, 0) is 32.6 Å². The minimum absolute atomic E-state index is 0.0967. The number of nitrogens with one attached hydrogen (secondary N) is 2. The summed E-state index contributed by atoms with van der Waals surface area (Å²) in [6.07, 6.45) is 8.02. The maximum Gasteiger partial charge on any atom is 0.318 e. The molecule has 0 aromatic rings. The van der Waals surface area contributed by atoms with Crippen molar-refractivity contribution >= 4 is 6.03 Å². The molecule has 3 heteroatoms. The fourth-order valence-electron chi connectivity index (χ4n) is 1.53. The molecule has 2 N–H and O–H groups in total. The summed E-state index contributed by atoms with van der Waals surface area (Å²) in [5.74, 6) is 0. The Kier molecular flexibility index (Phi) is 4.36. The van der Waals surface area contributed by atoms with Crippen LogP contribution in [0.2, 0.25) is 0 Å². The largest absolute Gasteiger partial charge is 0.338 e. The summed E-state index contributed by atoms with van der Waals surface area (Å²) in [6.45, 7) is 2.59. The van der Waals surface area contributed by atoms with E-state index in [4.69, 9.17) is 0 Å². The molecule has 1 saturated carbocycles. The number of rotatable bonds is 2. The van der Waals surface area contributed by atoms with Gasteiger partial charge in [0.1, 0.15) is 0 Å². The van der Waals surface area contributed by atoms with Crippen molar-refractivity contribution in [2.75, 3.05) is 6.54 Å². The lowest BCUT2D eigenvalue weighted by atomic mass is 9.96. The van der Waals surface area contributed by atoms with E-state index in [1.165, 1.54) is 24.8 Å². The van der Waals surface area contributed by atoms with Gasteiger partial charge in [-0.1, -0.05) is 12.0 Å². The fourth-order valence-corrected chi connectivity index (χ4v) is 1.53. The average molecular weight is 182 g/mol. The van der Waals surface area contributed by atoms with Crippen molar-refractivity contribution in [3.63, 3.8) is 0 Å². The predicted octanol–water partition coefficient (Wildman–Crippen LogP) is 2.15. The molecule has 1 rings (SSSR count). The summed E-state index contributed by atoms with van der Waals surface area (Å²) in [5.41, 5.74) is 1.37. The SMILES string of the molecule is CCNC(=O)NC=C1CCCCC1. The number of hydrogen-bond acceptors (Lipinski definition) is 1. The van der Waals surface area contributed by atoms with Crippen LogP contribution in [0, 0.1) is 0 Å². The number of allylic oxidation sites excluding steroid dienone is 1. The van der Waals surface area contributed by atoms with Gasteiger partial charge in [0.25, 0.3) is 0 Å². The van der Waals surface area contributed by atoms with Gasteiger partial charge in [-0.3, -0.25) is 0 Å². The van der Waals surface area contributed by atoms with Crippen LogP contribution in [-0.2, 0) is 0 Å². The Labute approximate surface area is 79.6 Å². The minimum atomic E-state index is -0.0967. The minimum Gasteiger partial charge on any atom is -0.338 e. The van der Waals surface area contributed by atoms with Gasteiger partial charge in [0, 0.05) is 12.7 Å². The Balaban J connectivity index is 2.25. The smallest absolute Gasteiger partial charge is 0.318 e. The van der Waals surface area contributed by atoms with Crippen LogP contribution in [0.25, 0.3) is 0 Å². The van der Waals surface area contributed by atoms with Crippen molar-refractivity contribution in [3.8, 4) is 0 Å². The Morgan fingerprint density at radius 2 is 2.08 bits per heavy atom. The van der Waals surface area contributed by atoms with Crippen molar-refractivity contribution in [3.05, 3.63) is 11.8 Å². The van der Waals surface area contributed by atoms with E-state index >= 15 is 0 Å². The molecule has 0 saturated heterocycles. The molecule has 1 aliphatic carbocycles. The highest BCUT2D eigenvalue weighted by molar-refractivity contribution is 5.74. The molecule has 0 heterocycles. The van der Waals surface area contributed by atoms with Crippen LogP contribution >= 0.6 is 0 Å².